The molecule has 2 heterocycles. The van der Waals surface area contributed by atoms with E-state index < -0.39 is 16.1 Å². The van der Waals surface area contributed by atoms with Crippen molar-refractivity contribution in [2.75, 3.05) is 26.2 Å². The molecule has 2 aromatic rings. The Kier molecular flexibility index (Phi) is 7.74. The summed E-state index contributed by atoms with van der Waals surface area (Å²) in [6.45, 7) is 4.76. The lowest BCUT2D eigenvalue weighted by Crippen LogP contribution is -2.53. The maximum absolute atomic E-state index is 13.3. The van der Waals surface area contributed by atoms with Gasteiger partial charge in [0.15, 0.2) is 0 Å². The highest BCUT2D eigenvalue weighted by atomic mass is 35.5. The molecule has 2 amide bonds. The lowest BCUT2D eigenvalue weighted by molar-refractivity contribution is -0.137. The number of thiophene rings is 1. The van der Waals surface area contributed by atoms with Crippen LogP contribution >= 0.6 is 22.9 Å². The molecule has 10 heteroatoms. The normalized spacial score (nSPS) is 16.3. The number of benzene rings is 1. The predicted octanol–water partition coefficient (Wildman–Crippen LogP) is 3.14. The lowest BCUT2D eigenvalue weighted by Gasteiger charge is -2.35. The molecule has 1 saturated heterocycles. The van der Waals surface area contributed by atoms with Crippen LogP contribution in [-0.2, 0) is 19.6 Å². The van der Waals surface area contributed by atoms with Crippen molar-refractivity contribution in [1.82, 2.24) is 14.5 Å². The fourth-order valence-corrected chi connectivity index (χ4v) is 6.48. The van der Waals surface area contributed by atoms with Crippen molar-refractivity contribution in [2.24, 2.45) is 5.92 Å². The summed E-state index contributed by atoms with van der Waals surface area (Å²) in [4.78, 5) is 27.3. The van der Waals surface area contributed by atoms with E-state index in [-0.39, 0.29) is 48.1 Å². The van der Waals surface area contributed by atoms with Gasteiger partial charge in [-0.3, -0.25) is 9.59 Å². The second-order valence-corrected chi connectivity index (χ2v) is 11.7. The van der Waals surface area contributed by atoms with Gasteiger partial charge < -0.3 is 10.2 Å². The summed E-state index contributed by atoms with van der Waals surface area (Å²) in [5.41, 5.74) is 0.702. The van der Waals surface area contributed by atoms with Crippen LogP contribution in [0, 0.1) is 5.92 Å². The minimum Gasteiger partial charge on any atom is -0.341 e. The number of carbonyl (C=O) groups excluding carboxylic acids is 2. The topological polar surface area (TPSA) is 86.8 Å². The minimum absolute atomic E-state index is 0.172. The SMILES string of the molecule is CC(C)CC(=O)NC(C(=O)N1CCN(S(=O)(=O)c2ccc(Cl)s2)CC1)c1ccccc1. The second kappa shape index (κ2) is 10.1. The van der Waals surface area contributed by atoms with Crippen molar-refractivity contribution >= 4 is 44.8 Å². The molecule has 1 unspecified atom stereocenters. The third-order valence-corrected chi connectivity index (χ3v) is 8.57. The monoisotopic (exact) mass is 483 g/mol. The summed E-state index contributed by atoms with van der Waals surface area (Å²) >= 11 is 6.90. The predicted molar refractivity (Wildman–Crippen MR) is 121 cm³/mol. The number of nitrogens with one attached hydrogen (secondary N) is 1. The van der Waals surface area contributed by atoms with Crippen LogP contribution in [0.1, 0.15) is 31.9 Å². The summed E-state index contributed by atoms with van der Waals surface area (Å²) < 4.78 is 27.6. The van der Waals surface area contributed by atoms with Crippen molar-refractivity contribution in [3.63, 3.8) is 0 Å². The number of carbonyl (C=O) groups is 2. The maximum atomic E-state index is 13.3. The van der Waals surface area contributed by atoms with Crippen LogP contribution in [0.15, 0.2) is 46.7 Å². The molecule has 0 saturated carbocycles. The zero-order valence-corrected chi connectivity index (χ0v) is 19.8. The zero-order valence-electron chi connectivity index (χ0n) is 17.5. The Morgan fingerprint density at radius 1 is 1.06 bits per heavy atom. The average molecular weight is 484 g/mol. The van der Waals surface area contributed by atoms with Gasteiger partial charge in [-0.15, -0.1) is 11.3 Å². The average Bonchev–Trinajstić information content (AvgIpc) is 3.19. The fourth-order valence-electron chi connectivity index (χ4n) is 3.42. The smallest absolute Gasteiger partial charge is 0.252 e. The molecule has 1 N–H and O–H groups in total. The van der Waals surface area contributed by atoms with Gasteiger partial charge in [-0.05, 0) is 23.6 Å². The van der Waals surface area contributed by atoms with Crippen LogP contribution in [0.25, 0.3) is 0 Å². The van der Waals surface area contributed by atoms with E-state index in [4.69, 9.17) is 11.6 Å². The number of hydrogen-bond acceptors (Lipinski definition) is 5. The van der Waals surface area contributed by atoms with Gasteiger partial charge in [0.2, 0.25) is 11.8 Å². The number of rotatable bonds is 7. The van der Waals surface area contributed by atoms with Crippen LogP contribution in [0.2, 0.25) is 4.34 Å². The van der Waals surface area contributed by atoms with Crippen molar-refractivity contribution in [2.45, 2.75) is 30.5 Å². The van der Waals surface area contributed by atoms with Crippen LogP contribution < -0.4 is 5.32 Å². The van der Waals surface area contributed by atoms with Crippen molar-refractivity contribution in [3.05, 3.63) is 52.4 Å². The van der Waals surface area contributed by atoms with Gasteiger partial charge in [0.25, 0.3) is 10.0 Å². The molecule has 168 valence electrons. The van der Waals surface area contributed by atoms with Crippen molar-refractivity contribution in [3.8, 4) is 0 Å². The van der Waals surface area contributed by atoms with Crippen LogP contribution in [0.3, 0.4) is 0 Å². The summed E-state index contributed by atoms with van der Waals surface area (Å²) in [5, 5.41) is 2.86. The molecular weight excluding hydrogens is 458 g/mol. The van der Waals surface area contributed by atoms with Gasteiger partial charge >= 0.3 is 0 Å². The molecule has 1 aliphatic rings. The Labute approximate surface area is 192 Å². The number of sulfonamides is 1. The standard InChI is InChI=1S/C21H26ClN3O4S2/c1-15(2)14-18(26)23-20(16-6-4-3-5-7-16)21(27)24-10-12-25(13-11-24)31(28,29)19-9-8-17(22)30-19/h3-9,15,20H,10-14H2,1-2H3,(H,23,26). The Hall–Kier alpha value is -1.94. The number of piperazine rings is 1. The molecule has 0 spiro atoms. The van der Waals surface area contributed by atoms with Gasteiger partial charge in [-0.25, -0.2) is 8.42 Å². The Morgan fingerprint density at radius 3 is 2.26 bits per heavy atom. The maximum Gasteiger partial charge on any atom is 0.252 e. The van der Waals surface area contributed by atoms with Gasteiger partial charge in [0.1, 0.15) is 10.3 Å². The van der Waals surface area contributed by atoms with E-state index in [9.17, 15) is 18.0 Å². The van der Waals surface area contributed by atoms with E-state index in [1.165, 1.54) is 10.4 Å². The highest BCUT2D eigenvalue weighted by Gasteiger charge is 2.34. The Balaban J connectivity index is 1.71. The molecule has 7 nitrogen and oxygen atoms in total. The fraction of sp³-hybridized carbons (Fsp3) is 0.429. The first-order valence-electron chi connectivity index (χ1n) is 10.1. The van der Waals surface area contributed by atoms with Gasteiger partial charge in [0, 0.05) is 32.6 Å². The number of halogens is 1. The van der Waals surface area contributed by atoms with Crippen LogP contribution in [-0.4, -0.2) is 55.6 Å². The van der Waals surface area contributed by atoms with E-state index >= 15 is 0 Å². The van der Waals surface area contributed by atoms with E-state index in [0.29, 0.717) is 16.3 Å². The zero-order chi connectivity index (χ0) is 22.6. The molecule has 1 aromatic heterocycles. The molecule has 0 aliphatic carbocycles. The molecular formula is C21H26ClN3O4S2. The lowest BCUT2D eigenvalue weighted by atomic mass is 10.0. The van der Waals surface area contributed by atoms with Crippen molar-refractivity contribution in [1.29, 1.82) is 0 Å². The molecule has 31 heavy (non-hydrogen) atoms. The summed E-state index contributed by atoms with van der Waals surface area (Å²) in [5.74, 6) is -0.251. The van der Waals surface area contributed by atoms with E-state index in [1.807, 2.05) is 32.0 Å². The Morgan fingerprint density at radius 2 is 1.71 bits per heavy atom. The number of nitrogens with zero attached hydrogens (tertiary/aromatic N) is 2. The molecule has 0 bridgehead atoms. The van der Waals surface area contributed by atoms with Gasteiger partial charge in [-0.1, -0.05) is 55.8 Å². The highest BCUT2D eigenvalue weighted by molar-refractivity contribution is 7.91. The van der Waals surface area contributed by atoms with Crippen molar-refractivity contribution < 1.29 is 18.0 Å². The highest BCUT2D eigenvalue weighted by Crippen LogP contribution is 2.29. The molecule has 1 aliphatic heterocycles. The largest absolute Gasteiger partial charge is 0.341 e. The first-order valence-corrected chi connectivity index (χ1v) is 12.7. The summed E-state index contributed by atoms with van der Waals surface area (Å²) in [6.07, 6.45) is 0.325. The first kappa shape index (κ1) is 23.7. The molecule has 3 rings (SSSR count). The first-order chi connectivity index (χ1) is 14.7. The van der Waals surface area contributed by atoms with Crippen LogP contribution in [0.4, 0.5) is 0 Å². The van der Waals surface area contributed by atoms with E-state index in [2.05, 4.69) is 5.32 Å². The summed E-state index contributed by atoms with van der Waals surface area (Å²) in [7, 11) is -3.64. The molecule has 0 radical (unpaired) electrons. The number of amides is 2. The Bertz CT molecular complexity index is 1020. The van der Waals surface area contributed by atoms with Gasteiger partial charge in [0.05, 0.1) is 4.34 Å². The second-order valence-electron chi connectivity index (χ2n) is 7.80. The minimum atomic E-state index is -3.64. The molecule has 1 atom stereocenters. The molecule has 1 aromatic carbocycles. The number of hydrogen-bond donors (Lipinski definition) is 1. The quantitative estimate of drug-likeness (QED) is 0.655. The van der Waals surface area contributed by atoms with Gasteiger partial charge in [-0.2, -0.15) is 4.31 Å². The van der Waals surface area contributed by atoms with Crippen LogP contribution in [0.5, 0.6) is 0 Å². The third-order valence-electron chi connectivity index (χ3n) is 4.97. The summed E-state index contributed by atoms with van der Waals surface area (Å²) in [6, 6.07) is 11.4. The molecule has 1 fully saturated rings. The van der Waals surface area contributed by atoms with E-state index in [0.717, 1.165) is 11.3 Å². The van der Waals surface area contributed by atoms with E-state index in [1.54, 1.807) is 23.1 Å². The third kappa shape index (κ3) is 5.85.